The van der Waals surface area contributed by atoms with Crippen molar-refractivity contribution in [3.05, 3.63) is 0 Å². The fourth-order valence-corrected chi connectivity index (χ4v) is 1.29. The van der Waals surface area contributed by atoms with E-state index in [1.54, 1.807) is 4.90 Å². The SMILES string of the molecule is CC(=O)N1CCC(O)(CN)C1. The van der Waals surface area contributed by atoms with Gasteiger partial charge >= 0.3 is 0 Å². The van der Waals surface area contributed by atoms with Gasteiger partial charge < -0.3 is 15.7 Å². The Hall–Kier alpha value is -0.610. The molecular formula is C7H14N2O2. The molecule has 11 heavy (non-hydrogen) atoms. The van der Waals surface area contributed by atoms with E-state index in [-0.39, 0.29) is 12.5 Å². The molecule has 1 rings (SSSR count). The van der Waals surface area contributed by atoms with Gasteiger partial charge in [-0.05, 0) is 6.42 Å². The molecule has 4 heteroatoms. The molecule has 64 valence electrons. The van der Waals surface area contributed by atoms with Crippen molar-refractivity contribution in [1.82, 2.24) is 4.90 Å². The van der Waals surface area contributed by atoms with Crippen LogP contribution in [0.4, 0.5) is 0 Å². The van der Waals surface area contributed by atoms with Gasteiger partial charge in [0.2, 0.25) is 5.91 Å². The zero-order valence-corrected chi connectivity index (χ0v) is 6.71. The van der Waals surface area contributed by atoms with Crippen LogP contribution >= 0.6 is 0 Å². The second kappa shape index (κ2) is 2.79. The predicted molar refractivity (Wildman–Crippen MR) is 40.9 cm³/mol. The Bertz CT molecular complexity index is 172. The monoisotopic (exact) mass is 158 g/mol. The Morgan fingerprint density at radius 3 is 2.73 bits per heavy atom. The standard InChI is InChI=1S/C7H14N2O2/c1-6(10)9-3-2-7(11,4-8)5-9/h11H,2-5,8H2,1H3. The van der Waals surface area contributed by atoms with Crippen molar-refractivity contribution in [2.45, 2.75) is 18.9 Å². The highest BCUT2D eigenvalue weighted by atomic mass is 16.3. The normalized spacial score (nSPS) is 31.0. The van der Waals surface area contributed by atoms with Gasteiger partial charge in [-0.3, -0.25) is 4.79 Å². The summed E-state index contributed by atoms with van der Waals surface area (Å²) < 4.78 is 0. The number of aliphatic hydroxyl groups is 1. The summed E-state index contributed by atoms with van der Waals surface area (Å²) in [6, 6.07) is 0. The van der Waals surface area contributed by atoms with Crippen molar-refractivity contribution in [2.75, 3.05) is 19.6 Å². The van der Waals surface area contributed by atoms with Crippen molar-refractivity contribution in [1.29, 1.82) is 0 Å². The molecule has 1 heterocycles. The minimum Gasteiger partial charge on any atom is -0.387 e. The quantitative estimate of drug-likeness (QED) is 0.510. The Balaban J connectivity index is 2.53. The van der Waals surface area contributed by atoms with Crippen LogP contribution in [0.25, 0.3) is 0 Å². The van der Waals surface area contributed by atoms with E-state index in [0.29, 0.717) is 19.5 Å². The molecule has 1 saturated heterocycles. The van der Waals surface area contributed by atoms with Gasteiger partial charge in [0.15, 0.2) is 0 Å². The number of β-amino-alcohol motifs (C(OH)–C–C–N with tert-alkyl or cyclic N) is 1. The van der Waals surface area contributed by atoms with Gasteiger partial charge in [0, 0.05) is 20.0 Å². The first kappa shape index (κ1) is 8.49. The summed E-state index contributed by atoms with van der Waals surface area (Å²) in [6.45, 7) is 2.75. The summed E-state index contributed by atoms with van der Waals surface area (Å²) in [6.07, 6.45) is 0.600. The fourth-order valence-electron chi connectivity index (χ4n) is 1.29. The average molecular weight is 158 g/mol. The van der Waals surface area contributed by atoms with Crippen molar-refractivity contribution in [2.24, 2.45) is 5.73 Å². The third-order valence-corrected chi connectivity index (χ3v) is 2.16. The Labute approximate surface area is 66.0 Å². The van der Waals surface area contributed by atoms with Gasteiger partial charge in [0.25, 0.3) is 0 Å². The summed E-state index contributed by atoms with van der Waals surface area (Å²) in [5.74, 6) is 0.00868. The van der Waals surface area contributed by atoms with Crippen molar-refractivity contribution in [3.63, 3.8) is 0 Å². The first-order valence-corrected chi connectivity index (χ1v) is 3.75. The first-order valence-electron chi connectivity index (χ1n) is 3.75. The van der Waals surface area contributed by atoms with Crippen LogP contribution in [0.15, 0.2) is 0 Å². The lowest BCUT2D eigenvalue weighted by molar-refractivity contribution is -0.128. The maximum absolute atomic E-state index is 10.8. The number of likely N-dealkylation sites (tertiary alicyclic amines) is 1. The van der Waals surface area contributed by atoms with Crippen molar-refractivity contribution in [3.8, 4) is 0 Å². The van der Waals surface area contributed by atoms with Crippen LogP contribution in [0.1, 0.15) is 13.3 Å². The number of hydrogen-bond acceptors (Lipinski definition) is 3. The van der Waals surface area contributed by atoms with E-state index in [9.17, 15) is 9.90 Å². The van der Waals surface area contributed by atoms with Crippen molar-refractivity contribution >= 4 is 5.91 Å². The van der Waals surface area contributed by atoms with E-state index in [1.165, 1.54) is 6.92 Å². The zero-order chi connectivity index (χ0) is 8.48. The van der Waals surface area contributed by atoms with Crippen LogP contribution in [0.2, 0.25) is 0 Å². The smallest absolute Gasteiger partial charge is 0.219 e. The van der Waals surface area contributed by atoms with Crippen molar-refractivity contribution < 1.29 is 9.90 Å². The molecule has 0 aliphatic carbocycles. The minimum atomic E-state index is -0.828. The third-order valence-electron chi connectivity index (χ3n) is 2.16. The molecule has 0 aromatic rings. The van der Waals surface area contributed by atoms with Crippen LogP contribution in [-0.2, 0) is 4.79 Å². The van der Waals surface area contributed by atoms with Gasteiger partial charge in [0.1, 0.15) is 0 Å². The molecule has 0 radical (unpaired) electrons. The molecule has 4 nitrogen and oxygen atoms in total. The number of nitrogens with two attached hydrogens (primary N) is 1. The number of carbonyl (C=O) groups excluding carboxylic acids is 1. The molecule has 1 unspecified atom stereocenters. The van der Waals surface area contributed by atoms with E-state index < -0.39 is 5.60 Å². The van der Waals surface area contributed by atoms with E-state index in [0.717, 1.165) is 0 Å². The van der Waals surface area contributed by atoms with Crippen LogP contribution in [0, 0.1) is 0 Å². The highest BCUT2D eigenvalue weighted by molar-refractivity contribution is 5.73. The summed E-state index contributed by atoms with van der Waals surface area (Å²) >= 11 is 0. The summed E-state index contributed by atoms with van der Waals surface area (Å²) in [7, 11) is 0. The summed E-state index contributed by atoms with van der Waals surface area (Å²) in [4.78, 5) is 12.4. The third kappa shape index (κ3) is 1.70. The van der Waals surface area contributed by atoms with Crippen LogP contribution in [0.5, 0.6) is 0 Å². The van der Waals surface area contributed by atoms with Gasteiger partial charge in [-0.15, -0.1) is 0 Å². The van der Waals surface area contributed by atoms with Crippen LogP contribution in [0.3, 0.4) is 0 Å². The Kier molecular flexibility index (Phi) is 2.15. The number of amides is 1. The van der Waals surface area contributed by atoms with Crippen LogP contribution < -0.4 is 5.73 Å². The lowest BCUT2D eigenvalue weighted by atomic mass is 10.0. The highest BCUT2D eigenvalue weighted by Crippen LogP contribution is 2.19. The van der Waals surface area contributed by atoms with Gasteiger partial charge in [0.05, 0.1) is 12.1 Å². The molecule has 0 spiro atoms. The van der Waals surface area contributed by atoms with E-state index >= 15 is 0 Å². The minimum absolute atomic E-state index is 0.00868. The van der Waals surface area contributed by atoms with E-state index in [2.05, 4.69) is 0 Å². The molecule has 0 aromatic heterocycles. The summed E-state index contributed by atoms with van der Waals surface area (Å²) in [5, 5.41) is 9.60. The highest BCUT2D eigenvalue weighted by Gasteiger charge is 2.35. The Morgan fingerprint density at radius 2 is 2.45 bits per heavy atom. The first-order chi connectivity index (χ1) is 5.07. The number of rotatable bonds is 1. The molecule has 1 aliphatic heterocycles. The number of nitrogens with zero attached hydrogens (tertiary/aromatic N) is 1. The lowest BCUT2D eigenvalue weighted by Crippen LogP contribution is -2.41. The molecule has 0 saturated carbocycles. The molecule has 1 aliphatic rings. The van der Waals surface area contributed by atoms with Gasteiger partial charge in [-0.25, -0.2) is 0 Å². The average Bonchev–Trinajstić information content (AvgIpc) is 2.33. The predicted octanol–water partition coefficient (Wildman–Crippen LogP) is -1.07. The molecule has 0 aromatic carbocycles. The molecule has 3 N–H and O–H groups in total. The molecule has 1 fully saturated rings. The second-order valence-electron chi connectivity index (χ2n) is 3.12. The Morgan fingerprint density at radius 1 is 1.82 bits per heavy atom. The maximum atomic E-state index is 10.8. The van der Waals surface area contributed by atoms with E-state index in [4.69, 9.17) is 5.73 Å². The molecule has 0 bridgehead atoms. The fraction of sp³-hybridized carbons (Fsp3) is 0.857. The second-order valence-corrected chi connectivity index (χ2v) is 3.12. The number of carbonyl (C=O) groups is 1. The van der Waals surface area contributed by atoms with Gasteiger partial charge in [-0.2, -0.15) is 0 Å². The van der Waals surface area contributed by atoms with Crippen LogP contribution in [-0.4, -0.2) is 41.1 Å². The largest absolute Gasteiger partial charge is 0.387 e. The summed E-state index contributed by atoms with van der Waals surface area (Å²) in [5.41, 5.74) is 4.51. The zero-order valence-electron chi connectivity index (χ0n) is 6.71. The lowest BCUT2D eigenvalue weighted by Gasteiger charge is -2.20. The molecule has 1 amide bonds. The molecular weight excluding hydrogens is 144 g/mol. The number of hydrogen-bond donors (Lipinski definition) is 2. The topological polar surface area (TPSA) is 66.6 Å². The van der Waals surface area contributed by atoms with E-state index in [1.807, 2.05) is 0 Å². The molecule has 1 atom stereocenters. The van der Waals surface area contributed by atoms with Gasteiger partial charge in [-0.1, -0.05) is 0 Å². The maximum Gasteiger partial charge on any atom is 0.219 e.